The molecule has 1 N–H and O–H groups in total. The minimum absolute atomic E-state index is 0.424. The summed E-state index contributed by atoms with van der Waals surface area (Å²) in [7, 11) is 1.33. The van der Waals surface area contributed by atoms with Crippen molar-refractivity contribution in [2.24, 2.45) is 0 Å². The molecule has 34 heavy (non-hydrogen) atoms. The van der Waals surface area contributed by atoms with E-state index in [0.29, 0.717) is 21.8 Å². The molecule has 1 heterocycles. The van der Waals surface area contributed by atoms with Gasteiger partial charge in [-0.2, -0.15) is 9.78 Å². The number of carbonyl (C=O) groups excluding carboxylic acids is 2. The molecule has 0 aliphatic heterocycles. The van der Waals surface area contributed by atoms with E-state index in [2.05, 4.69) is 10.4 Å². The van der Waals surface area contributed by atoms with Gasteiger partial charge in [-0.25, -0.2) is 9.59 Å². The van der Waals surface area contributed by atoms with Crippen LogP contribution in [0.4, 0.5) is 16.2 Å². The smallest absolute Gasteiger partial charge is 0.435 e. The van der Waals surface area contributed by atoms with Gasteiger partial charge in [-0.3, -0.25) is 0 Å². The highest BCUT2D eigenvalue weighted by molar-refractivity contribution is 6.33. The van der Waals surface area contributed by atoms with Gasteiger partial charge in [0.15, 0.2) is 0 Å². The Labute approximate surface area is 202 Å². The topological polar surface area (TPSA) is 82.5 Å². The SMILES string of the molecule is COC(=O)c1ccc(-c2nn(C(=O)OC(C)(C)C)c3cc(Nc4ccccc4Cl)ccc23)cc1. The molecule has 4 aromatic rings. The summed E-state index contributed by atoms with van der Waals surface area (Å²) < 4.78 is 11.6. The number of anilines is 2. The number of esters is 1. The van der Waals surface area contributed by atoms with E-state index in [9.17, 15) is 9.59 Å². The summed E-state index contributed by atoms with van der Waals surface area (Å²) in [5.41, 5.74) is 3.11. The third-order valence-corrected chi connectivity index (χ3v) is 5.31. The van der Waals surface area contributed by atoms with Gasteiger partial charge in [0.25, 0.3) is 0 Å². The van der Waals surface area contributed by atoms with Gasteiger partial charge in [0.1, 0.15) is 11.3 Å². The van der Waals surface area contributed by atoms with Gasteiger partial charge in [0, 0.05) is 16.6 Å². The van der Waals surface area contributed by atoms with Crippen molar-refractivity contribution in [1.29, 1.82) is 0 Å². The number of nitrogens with zero attached hydrogens (tertiary/aromatic N) is 2. The molecule has 0 aliphatic rings. The standard InChI is InChI=1S/C26H24ClN3O4/c1-26(2,3)34-25(32)30-22-15-18(28-21-8-6-5-7-20(21)27)13-14-19(22)23(29-30)16-9-11-17(12-10-16)24(31)33-4/h5-15,28H,1-4H3. The quantitative estimate of drug-likeness (QED) is 0.330. The molecule has 1 aromatic heterocycles. The number of carbonyl (C=O) groups is 2. The van der Waals surface area contributed by atoms with Crippen molar-refractivity contribution in [2.75, 3.05) is 12.4 Å². The first-order chi connectivity index (χ1) is 16.2. The molecule has 7 nitrogen and oxygen atoms in total. The van der Waals surface area contributed by atoms with Crippen LogP contribution < -0.4 is 5.32 Å². The van der Waals surface area contributed by atoms with E-state index in [1.54, 1.807) is 51.1 Å². The van der Waals surface area contributed by atoms with Crippen LogP contribution in [0.2, 0.25) is 5.02 Å². The summed E-state index contributed by atoms with van der Waals surface area (Å²) >= 11 is 6.29. The van der Waals surface area contributed by atoms with E-state index in [0.717, 1.165) is 22.3 Å². The average Bonchev–Trinajstić information content (AvgIpc) is 3.18. The molecule has 0 bridgehead atoms. The molecule has 0 saturated carbocycles. The zero-order valence-corrected chi connectivity index (χ0v) is 20.0. The van der Waals surface area contributed by atoms with Crippen LogP contribution in [0.15, 0.2) is 66.7 Å². The minimum atomic E-state index is -0.689. The third kappa shape index (κ3) is 4.89. The highest BCUT2D eigenvalue weighted by Crippen LogP contribution is 2.32. The molecular formula is C26H24ClN3O4. The summed E-state index contributed by atoms with van der Waals surface area (Å²) in [6, 6.07) is 19.8. The first-order valence-electron chi connectivity index (χ1n) is 10.6. The maximum atomic E-state index is 13.0. The maximum Gasteiger partial charge on any atom is 0.435 e. The van der Waals surface area contributed by atoms with Crippen LogP contribution in [0.25, 0.3) is 22.2 Å². The Morgan fingerprint density at radius 3 is 2.35 bits per heavy atom. The molecule has 0 radical (unpaired) electrons. The van der Waals surface area contributed by atoms with Crippen LogP contribution in [0.1, 0.15) is 31.1 Å². The molecule has 0 amide bonds. The zero-order chi connectivity index (χ0) is 24.5. The number of methoxy groups -OCH3 is 1. The number of hydrogen-bond acceptors (Lipinski definition) is 6. The van der Waals surface area contributed by atoms with Crippen molar-refractivity contribution in [2.45, 2.75) is 26.4 Å². The summed E-state index contributed by atoms with van der Waals surface area (Å²) in [6.45, 7) is 5.40. The van der Waals surface area contributed by atoms with Gasteiger partial charge in [0.2, 0.25) is 0 Å². The molecule has 8 heteroatoms. The van der Waals surface area contributed by atoms with Crippen LogP contribution in [0.3, 0.4) is 0 Å². The minimum Gasteiger partial charge on any atom is -0.465 e. The molecule has 3 aromatic carbocycles. The number of nitrogens with one attached hydrogen (secondary N) is 1. The van der Waals surface area contributed by atoms with Crippen LogP contribution in [-0.2, 0) is 9.47 Å². The van der Waals surface area contributed by atoms with E-state index in [1.807, 2.05) is 36.4 Å². The van der Waals surface area contributed by atoms with Crippen LogP contribution in [0, 0.1) is 0 Å². The van der Waals surface area contributed by atoms with Crippen LogP contribution in [-0.4, -0.2) is 34.6 Å². The second-order valence-corrected chi connectivity index (χ2v) is 9.05. The Hall–Kier alpha value is -3.84. The highest BCUT2D eigenvalue weighted by Gasteiger charge is 2.23. The fourth-order valence-corrected chi connectivity index (χ4v) is 3.63. The van der Waals surface area contributed by atoms with E-state index in [4.69, 9.17) is 21.1 Å². The normalized spacial score (nSPS) is 11.3. The second-order valence-electron chi connectivity index (χ2n) is 8.65. The molecular weight excluding hydrogens is 454 g/mol. The summed E-state index contributed by atoms with van der Waals surface area (Å²) in [5.74, 6) is -0.425. The molecule has 0 spiro atoms. The van der Waals surface area contributed by atoms with E-state index in [-0.39, 0.29) is 0 Å². The molecule has 4 rings (SSSR count). The maximum absolute atomic E-state index is 13.0. The Morgan fingerprint density at radius 1 is 1.00 bits per heavy atom. The van der Waals surface area contributed by atoms with Crippen LogP contribution >= 0.6 is 11.6 Å². The first kappa shape index (κ1) is 23.3. The monoisotopic (exact) mass is 477 g/mol. The van der Waals surface area contributed by atoms with Gasteiger partial charge in [-0.05, 0) is 63.2 Å². The van der Waals surface area contributed by atoms with Gasteiger partial charge in [-0.15, -0.1) is 0 Å². The van der Waals surface area contributed by atoms with E-state index < -0.39 is 17.7 Å². The molecule has 174 valence electrons. The lowest BCUT2D eigenvalue weighted by Crippen LogP contribution is -2.27. The average molecular weight is 478 g/mol. The number of halogens is 1. The lowest BCUT2D eigenvalue weighted by Gasteiger charge is -2.19. The van der Waals surface area contributed by atoms with Gasteiger partial charge in [0.05, 0.1) is 28.9 Å². The predicted octanol–water partition coefficient (Wildman–Crippen LogP) is 6.67. The van der Waals surface area contributed by atoms with Crippen molar-refractivity contribution in [3.8, 4) is 11.3 Å². The number of rotatable bonds is 4. The fourth-order valence-electron chi connectivity index (χ4n) is 3.45. The number of benzene rings is 3. The Kier molecular flexibility index (Phi) is 6.30. The predicted molar refractivity (Wildman–Crippen MR) is 133 cm³/mol. The number of para-hydroxylation sites is 1. The Balaban J connectivity index is 1.81. The summed E-state index contributed by atoms with van der Waals surface area (Å²) in [4.78, 5) is 24.8. The second kappa shape index (κ2) is 9.19. The number of hydrogen-bond donors (Lipinski definition) is 1. The van der Waals surface area contributed by atoms with Crippen molar-refractivity contribution >= 4 is 45.9 Å². The van der Waals surface area contributed by atoms with Crippen molar-refractivity contribution in [3.63, 3.8) is 0 Å². The van der Waals surface area contributed by atoms with Crippen molar-refractivity contribution < 1.29 is 19.1 Å². The lowest BCUT2D eigenvalue weighted by atomic mass is 10.1. The van der Waals surface area contributed by atoms with Gasteiger partial charge in [-0.1, -0.05) is 35.9 Å². The summed E-state index contributed by atoms with van der Waals surface area (Å²) in [6.07, 6.45) is -0.593. The Morgan fingerprint density at radius 2 is 1.71 bits per heavy atom. The first-order valence-corrected chi connectivity index (χ1v) is 11.0. The van der Waals surface area contributed by atoms with Crippen molar-refractivity contribution in [3.05, 3.63) is 77.3 Å². The molecule has 0 atom stereocenters. The number of ether oxygens (including phenoxy) is 2. The van der Waals surface area contributed by atoms with Gasteiger partial charge < -0.3 is 14.8 Å². The molecule has 0 unspecified atom stereocenters. The lowest BCUT2D eigenvalue weighted by molar-refractivity contribution is 0.0522. The van der Waals surface area contributed by atoms with Crippen molar-refractivity contribution in [1.82, 2.24) is 9.78 Å². The number of fused-ring (bicyclic) bond motifs is 1. The molecule has 0 saturated heterocycles. The number of aromatic nitrogens is 2. The van der Waals surface area contributed by atoms with E-state index >= 15 is 0 Å². The fraction of sp³-hybridized carbons (Fsp3) is 0.192. The van der Waals surface area contributed by atoms with E-state index in [1.165, 1.54) is 11.8 Å². The third-order valence-electron chi connectivity index (χ3n) is 4.98. The van der Waals surface area contributed by atoms with Gasteiger partial charge >= 0.3 is 12.1 Å². The molecule has 0 fully saturated rings. The van der Waals surface area contributed by atoms with Crippen LogP contribution in [0.5, 0.6) is 0 Å². The molecule has 0 aliphatic carbocycles. The Bertz CT molecular complexity index is 1370. The highest BCUT2D eigenvalue weighted by atomic mass is 35.5. The zero-order valence-electron chi connectivity index (χ0n) is 19.3. The summed E-state index contributed by atoms with van der Waals surface area (Å²) in [5, 5.41) is 9.18. The largest absolute Gasteiger partial charge is 0.465 e.